The first-order valence-electron chi connectivity index (χ1n) is 18.0. The van der Waals surface area contributed by atoms with Crippen LogP contribution in [0.5, 0.6) is 0 Å². The van der Waals surface area contributed by atoms with E-state index >= 15 is 0 Å². The number of nitrogens with zero attached hydrogens (tertiary/aromatic N) is 5. The molecule has 6 heterocycles. The van der Waals surface area contributed by atoms with E-state index in [-0.39, 0.29) is 16.9 Å². The smallest absolute Gasteiger partial charge is 0.0805 e. The molecule has 0 spiro atoms. The van der Waals surface area contributed by atoms with Gasteiger partial charge in [-0.15, -0.1) is 0 Å². The molecule has 1 unspecified atom stereocenters. The van der Waals surface area contributed by atoms with Gasteiger partial charge in [-0.05, 0) is 83.3 Å². The third-order valence-corrected chi connectivity index (χ3v) is 12.1. The number of aromatic nitrogens is 2. The zero-order valence-corrected chi connectivity index (χ0v) is 29.2. The summed E-state index contributed by atoms with van der Waals surface area (Å²) in [5.41, 5.74) is 17.0. The zero-order chi connectivity index (χ0) is 34.2. The highest BCUT2D eigenvalue weighted by Gasteiger charge is 2.47. The first-order chi connectivity index (χ1) is 24.8. The molecule has 51 heavy (non-hydrogen) atoms. The zero-order valence-electron chi connectivity index (χ0n) is 29.2. The molecule has 1 atom stereocenters. The lowest BCUT2D eigenvalue weighted by atomic mass is 9.73. The van der Waals surface area contributed by atoms with Gasteiger partial charge in [-0.3, -0.25) is 9.98 Å². The van der Waals surface area contributed by atoms with Gasteiger partial charge in [0, 0.05) is 68.5 Å². The summed E-state index contributed by atoms with van der Waals surface area (Å²) in [6, 6.07) is 40.8. The number of fused-ring (bicyclic) bond motifs is 10. The molecule has 11 rings (SSSR count). The van der Waals surface area contributed by atoms with Gasteiger partial charge in [-0.25, -0.2) is 0 Å². The van der Waals surface area contributed by atoms with E-state index in [2.05, 4.69) is 162 Å². The Morgan fingerprint density at radius 3 is 2.18 bits per heavy atom. The van der Waals surface area contributed by atoms with Crippen molar-refractivity contribution in [3.05, 3.63) is 162 Å². The van der Waals surface area contributed by atoms with Crippen molar-refractivity contribution in [3.63, 3.8) is 0 Å². The molecule has 5 nitrogen and oxygen atoms in total. The fourth-order valence-corrected chi connectivity index (χ4v) is 9.68. The second-order valence-corrected chi connectivity index (χ2v) is 15.5. The van der Waals surface area contributed by atoms with Crippen molar-refractivity contribution in [2.45, 2.75) is 51.0 Å². The summed E-state index contributed by atoms with van der Waals surface area (Å²) in [7, 11) is 0. The van der Waals surface area contributed by atoms with Gasteiger partial charge in [0.05, 0.1) is 34.2 Å². The summed E-state index contributed by atoms with van der Waals surface area (Å²) in [4.78, 5) is 14.8. The van der Waals surface area contributed by atoms with Crippen molar-refractivity contribution in [3.8, 4) is 5.69 Å². The molecule has 0 saturated heterocycles. The van der Waals surface area contributed by atoms with Crippen molar-refractivity contribution >= 4 is 56.0 Å². The average molecular weight is 660 g/mol. The van der Waals surface area contributed by atoms with Crippen molar-refractivity contribution in [2.75, 3.05) is 9.80 Å². The molecule has 5 heteroatoms. The van der Waals surface area contributed by atoms with Gasteiger partial charge < -0.3 is 14.4 Å². The summed E-state index contributed by atoms with van der Waals surface area (Å²) in [6.07, 6.45) is 9.11. The Hall–Kier alpha value is -5.94. The Morgan fingerprint density at radius 2 is 1.35 bits per heavy atom. The van der Waals surface area contributed by atoms with Crippen LogP contribution in [0.25, 0.3) is 27.5 Å². The fraction of sp³-hybridized carbons (Fsp3) is 0.174. The summed E-state index contributed by atoms with van der Waals surface area (Å²) < 4.78 is 2.46. The molecular formula is C46H37N5. The van der Waals surface area contributed by atoms with Crippen molar-refractivity contribution in [1.82, 2.24) is 9.55 Å². The molecule has 0 bridgehead atoms. The van der Waals surface area contributed by atoms with Crippen LogP contribution in [0.3, 0.4) is 0 Å². The van der Waals surface area contributed by atoms with Crippen LogP contribution in [0, 0.1) is 0 Å². The van der Waals surface area contributed by atoms with Crippen LogP contribution in [-0.2, 0) is 10.8 Å². The van der Waals surface area contributed by atoms with Crippen LogP contribution in [0.15, 0.2) is 139 Å². The number of benzene rings is 5. The lowest BCUT2D eigenvalue weighted by Crippen LogP contribution is -2.38. The number of rotatable bonds is 3. The van der Waals surface area contributed by atoms with E-state index < -0.39 is 0 Å². The molecule has 7 aromatic rings. The number of para-hydroxylation sites is 3. The SMILES string of the molecule is CC1(C)c2ccccc2N2c3c(cc(N(c4ccccc4)c4cc5c6c(c4)c4cnccc4n6-c4ccccc4C5(C)C)cc31)C1=NC=CCC12. The summed E-state index contributed by atoms with van der Waals surface area (Å²) in [6.45, 7) is 9.52. The van der Waals surface area contributed by atoms with Gasteiger partial charge in [-0.2, -0.15) is 0 Å². The molecule has 0 amide bonds. The van der Waals surface area contributed by atoms with Crippen LogP contribution in [0.1, 0.15) is 61.9 Å². The number of anilines is 5. The van der Waals surface area contributed by atoms with E-state index in [1.807, 2.05) is 18.6 Å². The van der Waals surface area contributed by atoms with Crippen LogP contribution in [0.2, 0.25) is 0 Å². The largest absolute Gasteiger partial charge is 0.331 e. The van der Waals surface area contributed by atoms with Gasteiger partial charge >= 0.3 is 0 Å². The Kier molecular flexibility index (Phi) is 5.57. The standard InChI is InChI=1S/C46H37N5/c1-45(2)34-15-8-10-17-39(34)50-38-20-22-47-27-33(38)31-23-29(25-36(45)43(31)50)49(28-13-6-5-7-14-28)30-24-32-42-41(19-12-21-48-42)51-40-18-11-9-16-35(40)46(3,4)37(26-30)44(32)51/h5-18,20-27,41H,19H2,1-4H3. The Labute approximate surface area is 297 Å². The van der Waals surface area contributed by atoms with Crippen LogP contribution in [0.4, 0.5) is 28.4 Å². The van der Waals surface area contributed by atoms with Crippen molar-refractivity contribution < 1.29 is 0 Å². The first-order valence-corrected chi connectivity index (χ1v) is 18.0. The maximum atomic E-state index is 5.09. The predicted molar refractivity (Wildman–Crippen MR) is 210 cm³/mol. The van der Waals surface area contributed by atoms with Crippen LogP contribution < -0.4 is 9.80 Å². The number of hydrogen-bond donors (Lipinski definition) is 0. The van der Waals surface area contributed by atoms with Crippen molar-refractivity contribution in [2.24, 2.45) is 4.99 Å². The van der Waals surface area contributed by atoms with Crippen LogP contribution >= 0.6 is 0 Å². The highest BCUT2D eigenvalue weighted by atomic mass is 15.2. The fourth-order valence-electron chi connectivity index (χ4n) is 9.68. The van der Waals surface area contributed by atoms with Gasteiger partial charge in [0.25, 0.3) is 0 Å². The molecule has 2 aromatic heterocycles. The molecule has 0 saturated carbocycles. The molecule has 0 aliphatic carbocycles. The quantitative estimate of drug-likeness (QED) is 0.189. The molecule has 0 fully saturated rings. The Bertz CT molecular complexity index is 2690. The third-order valence-electron chi connectivity index (χ3n) is 12.1. The van der Waals surface area contributed by atoms with E-state index in [1.165, 1.54) is 66.7 Å². The minimum atomic E-state index is -0.225. The maximum absolute atomic E-state index is 5.09. The van der Waals surface area contributed by atoms with E-state index in [0.717, 1.165) is 29.2 Å². The van der Waals surface area contributed by atoms with E-state index in [4.69, 9.17) is 4.99 Å². The first kappa shape index (κ1) is 28.9. The number of hydrogen-bond acceptors (Lipinski definition) is 4. The topological polar surface area (TPSA) is 36.7 Å². The molecule has 0 radical (unpaired) electrons. The molecule has 4 aliphatic heterocycles. The molecule has 5 aromatic carbocycles. The van der Waals surface area contributed by atoms with E-state index in [1.54, 1.807) is 0 Å². The lowest BCUT2D eigenvalue weighted by Gasteiger charge is -2.42. The molecule has 4 aliphatic rings. The number of pyridine rings is 1. The van der Waals surface area contributed by atoms with Gasteiger partial charge in [0.15, 0.2) is 0 Å². The molecule has 246 valence electrons. The minimum absolute atomic E-state index is 0.182. The summed E-state index contributed by atoms with van der Waals surface area (Å²) in [5.74, 6) is 0. The van der Waals surface area contributed by atoms with Crippen molar-refractivity contribution in [1.29, 1.82) is 0 Å². The Morgan fingerprint density at radius 1 is 0.667 bits per heavy atom. The van der Waals surface area contributed by atoms with E-state index in [9.17, 15) is 0 Å². The minimum Gasteiger partial charge on any atom is -0.331 e. The number of aliphatic imine (C=N–C) groups is 1. The van der Waals surface area contributed by atoms with Gasteiger partial charge in [0.2, 0.25) is 0 Å². The molecular weight excluding hydrogens is 623 g/mol. The third kappa shape index (κ3) is 3.65. The normalized spacial score (nSPS) is 18.2. The second kappa shape index (κ2) is 9.85. The predicted octanol–water partition coefficient (Wildman–Crippen LogP) is 11.2. The lowest BCUT2D eigenvalue weighted by molar-refractivity contribution is 0.621. The van der Waals surface area contributed by atoms with Gasteiger partial charge in [0.1, 0.15) is 0 Å². The average Bonchev–Trinajstić information content (AvgIpc) is 3.67. The highest BCUT2D eigenvalue weighted by molar-refractivity contribution is 6.19. The highest BCUT2D eigenvalue weighted by Crippen LogP contribution is 2.57. The Balaban J connectivity index is 1.23. The summed E-state index contributed by atoms with van der Waals surface area (Å²) in [5, 5.41) is 2.39. The second-order valence-electron chi connectivity index (χ2n) is 15.5. The summed E-state index contributed by atoms with van der Waals surface area (Å²) >= 11 is 0. The molecule has 0 N–H and O–H groups in total. The van der Waals surface area contributed by atoms with Crippen LogP contribution in [-0.4, -0.2) is 21.3 Å². The monoisotopic (exact) mass is 659 g/mol. The van der Waals surface area contributed by atoms with Gasteiger partial charge in [-0.1, -0.05) is 88.4 Å². The van der Waals surface area contributed by atoms with E-state index in [0.29, 0.717) is 0 Å². The maximum Gasteiger partial charge on any atom is 0.0805 e.